The summed E-state index contributed by atoms with van der Waals surface area (Å²) in [6.07, 6.45) is 0. The molecule has 5 N–H and O–H groups in total. The second-order valence-electron chi connectivity index (χ2n) is 4.01. The standard InChI is InChI=1S/C10H9NO7S2/c11-7-1-5-3-9(19(13,14)15)10(20(16,17)18)4-6(5)2-8(7)12/h1-4,12H,11H2,(H,13,14,15)(H,16,17,18). The van der Waals surface area contributed by atoms with E-state index in [1.807, 2.05) is 0 Å². The maximum atomic E-state index is 11.2. The average molecular weight is 319 g/mol. The molecule has 10 heteroatoms. The average Bonchev–Trinajstić information content (AvgIpc) is 2.26. The Morgan fingerprint density at radius 2 is 1.20 bits per heavy atom. The number of nitrogens with two attached hydrogens (primary N) is 1. The molecule has 0 saturated carbocycles. The summed E-state index contributed by atoms with van der Waals surface area (Å²) in [5.41, 5.74) is 5.38. The van der Waals surface area contributed by atoms with Gasteiger partial charge in [-0.05, 0) is 35.0 Å². The maximum Gasteiger partial charge on any atom is 0.295 e. The molecule has 0 bridgehead atoms. The van der Waals surface area contributed by atoms with Crippen molar-refractivity contribution >= 4 is 36.7 Å². The van der Waals surface area contributed by atoms with Crippen LogP contribution in [0.2, 0.25) is 0 Å². The molecule has 0 heterocycles. The highest BCUT2D eigenvalue weighted by Crippen LogP contribution is 2.32. The summed E-state index contributed by atoms with van der Waals surface area (Å²) >= 11 is 0. The fraction of sp³-hybridized carbons (Fsp3) is 0. The van der Waals surface area contributed by atoms with Crippen molar-refractivity contribution in [2.75, 3.05) is 5.73 Å². The van der Waals surface area contributed by atoms with Crippen LogP contribution in [-0.4, -0.2) is 31.0 Å². The van der Waals surface area contributed by atoms with Crippen LogP contribution < -0.4 is 5.73 Å². The highest BCUT2D eigenvalue weighted by molar-refractivity contribution is 7.89. The van der Waals surface area contributed by atoms with Gasteiger partial charge in [-0.1, -0.05) is 0 Å². The van der Waals surface area contributed by atoms with Gasteiger partial charge in [0.2, 0.25) is 0 Å². The predicted molar refractivity (Wildman–Crippen MR) is 69.7 cm³/mol. The monoisotopic (exact) mass is 319 g/mol. The first-order valence-corrected chi connectivity index (χ1v) is 7.89. The third kappa shape index (κ3) is 2.54. The molecule has 2 aromatic rings. The van der Waals surface area contributed by atoms with Crippen molar-refractivity contribution in [2.45, 2.75) is 9.79 Å². The molecular formula is C10H9NO7S2. The van der Waals surface area contributed by atoms with Gasteiger partial charge in [0, 0.05) is 0 Å². The zero-order chi connectivity index (χ0) is 15.3. The molecule has 0 saturated heterocycles. The minimum absolute atomic E-state index is 0.0570. The normalized spacial score (nSPS) is 12.7. The van der Waals surface area contributed by atoms with Gasteiger partial charge in [0.05, 0.1) is 5.69 Å². The number of benzene rings is 2. The minimum Gasteiger partial charge on any atom is -0.506 e. The van der Waals surface area contributed by atoms with Crippen LogP contribution in [0.5, 0.6) is 5.75 Å². The van der Waals surface area contributed by atoms with Crippen molar-refractivity contribution in [3.63, 3.8) is 0 Å². The van der Waals surface area contributed by atoms with Gasteiger partial charge in [-0.25, -0.2) is 0 Å². The molecular weight excluding hydrogens is 310 g/mol. The molecule has 0 radical (unpaired) electrons. The molecule has 2 aromatic carbocycles. The van der Waals surface area contributed by atoms with E-state index < -0.39 is 30.0 Å². The molecule has 0 fully saturated rings. The Bertz CT molecular complexity index is 840. The van der Waals surface area contributed by atoms with Gasteiger partial charge in [-0.2, -0.15) is 16.8 Å². The molecule has 0 aromatic heterocycles. The molecule has 0 atom stereocenters. The van der Waals surface area contributed by atoms with E-state index in [0.29, 0.717) is 0 Å². The van der Waals surface area contributed by atoms with Crippen molar-refractivity contribution in [1.82, 2.24) is 0 Å². The quantitative estimate of drug-likeness (QED) is 0.356. The van der Waals surface area contributed by atoms with Gasteiger partial charge in [-0.15, -0.1) is 0 Å². The molecule has 20 heavy (non-hydrogen) atoms. The third-order valence-corrected chi connectivity index (χ3v) is 4.52. The van der Waals surface area contributed by atoms with Gasteiger partial charge in [-0.3, -0.25) is 9.11 Å². The summed E-state index contributed by atoms with van der Waals surface area (Å²) in [5.74, 6) is -0.335. The van der Waals surface area contributed by atoms with Gasteiger partial charge >= 0.3 is 0 Å². The fourth-order valence-electron chi connectivity index (χ4n) is 1.72. The Hall–Kier alpha value is -1.88. The summed E-state index contributed by atoms with van der Waals surface area (Å²) in [6, 6.07) is 3.96. The predicted octanol–water partition coefficient (Wildman–Crippen LogP) is 0.621. The Balaban J connectivity index is 3.01. The van der Waals surface area contributed by atoms with Crippen LogP contribution in [-0.2, 0) is 20.2 Å². The second kappa shape index (κ2) is 4.31. The van der Waals surface area contributed by atoms with E-state index in [-0.39, 0.29) is 22.2 Å². The van der Waals surface area contributed by atoms with Gasteiger partial charge in [0.1, 0.15) is 15.5 Å². The number of nitrogen functional groups attached to an aromatic ring is 1. The van der Waals surface area contributed by atoms with Crippen molar-refractivity contribution in [1.29, 1.82) is 0 Å². The fourth-order valence-corrected chi connectivity index (χ4v) is 3.53. The van der Waals surface area contributed by atoms with Gasteiger partial charge in [0.25, 0.3) is 20.2 Å². The number of phenolic OH excluding ortho intramolecular Hbond substituents is 1. The molecule has 0 spiro atoms. The smallest absolute Gasteiger partial charge is 0.295 e. The zero-order valence-corrected chi connectivity index (χ0v) is 11.3. The number of fused-ring (bicyclic) bond motifs is 1. The van der Waals surface area contributed by atoms with Crippen molar-refractivity contribution in [3.05, 3.63) is 24.3 Å². The van der Waals surface area contributed by atoms with Crippen LogP contribution in [0, 0.1) is 0 Å². The van der Waals surface area contributed by atoms with E-state index in [1.165, 1.54) is 6.07 Å². The lowest BCUT2D eigenvalue weighted by Gasteiger charge is -2.08. The van der Waals surface area contributed by atoms with Crippen molar-refractivity contribution in [3.8, 4) is 5.75 Å². The Morgan fingerprint density at radius 3 is 1.60 bits per heavy atom. The first-order valence-electron chi connectivity index (χ1n) is 5.01. The van der Waals surface area contributed by atoms with Gasteiger partial charge < -0.3 is 10.8 Å². The van der Waals surface area contributed by atoms with Crippen LogP contribution in [0.4, 0.5) is 5.69 Å². The number of hydrogen-bond donors (Lipinski definition) is 4. The molecule has 2 rings (SSSR count). The van der Waals surface area contributed by atoms with E-state index in [4.69, 9.17) is 14.8 Å². The van der Waals surface area contributed by atoms with E-state index in [2.05, 4.69) is 0 Å². The Labute approximate surface area is 114 Å². The molecule has 0 aliphatic carbocycles. The van der Waals surface area contributed by atoms with Gasteiger partial charge in [0.15, 0.2) is 0 Å². The number of hydrogen-bond acceptors (Lipinski definition) is 6. The molecule has 0 aliphatic heterocycles. The highest BCUT2D eigenvalue weighted by Gasteiger charge is 2.24. The summed E-state index contributed by atoms with van der Waals surface area (Å²) in [6.45, 7) is 0. The van der Waals surface area contributed by atoms with E-state index in [0.717, 1.165) is 18.2 Å². The third-order valence-electron chi connectivity index (χ3n) is 2.60. The maximum absolute atomic E-state index is 11.2. The van der Waals surface area contributed by atoms with Crippen molar-refractivity contribution < 1.29 is 31.0 Å². The molecule has 0 unspecified atom stereocenters. The molecule has 108 valence electrons. The topological polar surface area (TPSA) is 155 Å². The lowest BCUT2D eigenvalue weighted by Crippen LogP contribution is -2.08. The first kappa shape index (κ1) is 14.5. The summed E-state index contributed by atoms with van der Waals surface area (Å²) in [7, 11) is -9.76. The van der Waals surface area contributed by atoms with Crippen LogP contribution in [0.1, 0.15) is 0 Å². The van der Waals surface area contributed by atoms with Crippen molar-refractivity contribution in [2.24, 2.45) is 0 Å². The molecule has 0 aliphatic rings. The Kier molecular flexibility index (Phi) is 3.13. The lowest BCUT2D eigenvalue weighted by molar-refractivity contribution is 0.466. The lowest BCUT2D eigenvalue weighted by atomic mass is 10.1. The van der Waals surface area contributed by atoms with Crippen LogP contribution in [0.15, 0.2) is 34.1 Å². The highest BCUT2D eigenvalue weighted by atomic mass is 32.2. The second-order valence-corrected chi connectivity index (χ2v) is 6.79. The van der Waals surface area contributed by atoms with Crippen LogP contribution in [0.25, 0.3) is 10.8 Å². The Morgan fingerprint density at radius 1 is 0.800 bits per heavy atom. The molecule has 0 amide bonds. The van der Waals surface area contributed by atoms with Crippen LogP contribution >= 0.6 is 0 Å². The minimum atomic E-state index is -4.88. The van der Waals surface area contributed by atoms with E-state index in [9.17, 15) is 21.9 Å². The SMILES string of the molecule is Nc1cc2cc(S(=O)(=O)O)c(S(=O)(=O)O)cc2cc1O. The van der Waals surface area contributed by atoms with E-state index >= 15 is 0 Å². The number of phenols is 1. The first-order chi connectivity index (χ1) is 9.00. The van der Waals surface area contributed by atoms with E-state index in [1.54, 1.807) is 0 Å². The van der Waals surface area contributed by atoms with Crippen LogP contribution in [0.3, 0.4) is 0 Å². The zero-order valence-electron chi connectivity index (χ0n) is 9.68. The summed E-state index contributed by atoms with van der Waals surface area (Å²) in [4.78, 5) is -1.96. The summed E-state index contributed by atoms with van der Waals surface area (Å²) < 4.78 is 62.8. The number of aromatic hydroxyl groups is 1. The largest absolute Gasteiger partial charge is 0.506 e. The number of rotatable bonds is 2. The molecule has 8 nitrogen and oxygen atoms in total. The number of anilines is 1. The summed E-state index contributed by atoms with van der Waals surface area (Å²) in [5, 5.41) is 9.72.